The average Bonchev–Trinajstić information content (AvgIpc) is 2.58. The molecule has 0 bridgehead atoms. The summed E-state index contributed by atoms with van der Waals surface area (Å²) >= 11 is 0. The summed E-state index contributed by atoms with van der Waals surface area (Å²) in [6.07, 6.45) is 6.79. The molecule has 3 rings (SSSR count). The van der Waals surface area contributed by atoms with Crippen LogP contribution in [0.2, 0.25) is 0 Å². The lowest BCUT2D eigenvalue weighted by molar-refractivity contribution is -0.0117. The van der Waals surface area contributed by atoms with Gasteiger partial charge in [0.2, 0.25) is 0 Å². The van der Waals surface area contributed by atoms with Gasteiger partial charge in [-0.05, 0) is 66.9 Å². The smallest absolute Gasteiger partial charge is 0.0684 e. The van der Waals surface area contributed by atoms with Crippen LogP contribution < -0.4 is 0 Å². The topological polar surface area (TPSA) is 20.2 Å². The molecule has 0 saturated heterocycles. The Kier molecular flexibility index (Phi) is 3.44. The first-order valence-corrected chi connectivity index (χ1v) is 8.20. The Morgan fingerprint density at radius 2 is 2.00 bits per heavy atom. The van der Waals surface area contributed by atoms with Gasteiger partial charge in [-0.25, -0.2) is 0 Å². The van der Waals surface area contributed by atoms with Crippen LogP contribution in [0.3, 0.4) is 0 Å². The van der Waals surface area contributed by atoms with Crippen molar-refractivity contribution >= 4 is 0 Å². The van der Waals surface area contributed by atoms with Crippen LogP contribution in [-0.2, 0) is 6.42 Å². The Morgan fingerprint density at radius 3 is 2.70 bits per heavy atom. The van der Waals surface area contributed by atoms with Crippen LogP contribution in [0.25, 0.3) is 0 Å². The Balaban J connectivity index is 1.82. The number of aryl methyl sites for hydroxylation is 1. The normalized spacial score (nSPS) is 35.8. The predicted octanol–water partition coefficient (Wildman–Crippen LogP) is 4.68. The number of hydrogen-bond donors (Lipinski definition) is 1. The molecule has 0 spiro atoms. The van der Waals surface area contributed by atoms with Gasteiger partial charge in [-0.2, -0.15) is 0 Å². The summed E-state index contributed by atoms with van der Waals surface area (Å²) in [6, 6.07) is 8.86. The molecule has 1 nitrogen and oxygen atoms in total. The average molecular weight is 272 g/mol. The van der Waals surface area contributed by atoms with E-state index in [1.54, 1.807) is 0 Å². The molecule has 1 fully saturated rings. The maximum Gasteiger partial charge on any atom is 0.0684 e. The fourth-order valence-corrected chi connectivity index (χ4v) is 4.86. The molecule has 1 aromatic carbocycles. The molecule has 1 heteroatoms. The summed E-state index contributed by atoms with van der Waals surface area (Å²) in [5.74, 6) is 0.980. The zero-order valence-corrected chi connectivity index (χ0v) is 13.2. The van der Waals surface area contributed by atoms with E-state index in [1.807, 2.05) is 0 Å². The van der Waals surface area contributed by atoms with E-state index in [0.29, 0.717) is 17.3 Å². The number of aliphatic hydroxyl groups is 1. The zero-order valence-electron chi connectivity index (χ0n) is 13.2. The fraction of sp³-hybridized carbons (Fsp3) is 0.684. The number of benzene rings is 1. The lowest BCUT2D eigenvalue weighted by Crippen LogP contribution is -2.35. The maximum absolute atomic E-state index is 11.2. The molecule has 0 aliphatic heterocycles. The summed E-state index contributed by atoms with van der Waals surface area (Å²) in [5.41, 5.74) is 2.85. The second-order valence-corrected chi connectivity index (χ2v) is 8.04. The SMILES string of the molecule is CC1CC(C)(C)CC1(O)CC1CCCc2ccccc21. The van der Waals surface area contributed by atoms with E-state index in [0.717, 1.165) is 19.3 Å². The van der Waals surface area contributed by atoms with E-state index < -0.39 is 5.60 Å². The van der Waals surface area contributed by atoms with Gasteiger partial charge in [0.25, 0.3) is 0 Å². The van der Waals surface area contributed by atoms with Crippen LogP contribution in [0.1, 0.15) is 69.9 Å². The Bertz CT molecular complexity index is 490. The molecule has 20 heavy (non-hydrogen) atoms. The molecule has 110 valence electrons. The minimum absolute atomic E-state index is 0.294. The monoisotopic (exact) mass is 272 g/mol. The van der Waals surface area contributed by atoms with Crippen molar-refractivity contribution in [2.24, 2.45) is 11.3 Å². The fourth-order valence-electron chi connectivity index (χ4n) is 4.86. The van der Waals surface area contributed by atoms with E-state index in [4.69, 9.17) is 0 Å². The molecule has 1 saturated carbocycles. The minimum atomic E-state index is -0.460. The molecule has 0 amide bonds. The highest BCUT2D eigenvalue weighted by molar-refractivity contribution is 5.33. The largest absolute Gasteiger partial charge is 0.390 e. The first kappa shape index (κ1) is 14.1. The quantitative estimate of drug-likeness (QED) is 0.828. The van der Waals surface area contributed by atoms with Crippen molar-refractivity contribution < 1.29 is 5.11 Å². The van der Waals surface area contributed by atoms with E-state index >= 15 is 0 Å². The van der Waals surface area contributed by atoms with Crippen LogP contribution in [0, 0.1) is 11.3 Å². The van der Waals surface area contributed by atoms with Gasteiger partial charge in [-0.1, -0.05) is 45.0 Å². The van der Waals surface area contributed by atoms with Crippen molar-refractivity contribution in [1.82, 2.24) is 0 Å². The second kappa shape index (κ2) is 4.87. The molecule has 1 aromatic rings. The van der Waals surface area contributed by atoms with Gasteiger partial charge in [0, 0.05) is 0 Å². The van der Waals surface area contributed by atoms with Gasteiger partial charge in [-0.3, -0.25) is 0 Å². The van der Waals surface area contributed by atoms with E-state index in [1.165, 1.54) is 30.4 Å². The van der Waals surface area contributed by atoms with Crippen molar-refractivity contribution in [2.45, 2.75) is 70.8 Å². The summed E-state index contributed by atoms with van der Waals surface area (Å²) in [5, 5.41) is 11.2. The summed E-state index contributed by atoms with van der Waals surface area (Å²) in [4.78, 5) is 0. The zero-order chi connectivity index (χ0) is 14.4. The molecule has 3 unspecified atom stereocenters. The van der Waals surface area contributed by atoms with E-state index in [9.17, 15) is 5.11 Å². The van der Waals surface area contributed by atoms with Crippen LogP contribution in [0.15, 0.2) is 24.3 Å². The molecule has 2 aliphatic carbocycles. The van der Waals surface area contributed by atoms with Crippen molar-refractivity contribution in [3.63, 3.8) is 0 Å². The Morgan fingerprint density at radius 1 is 1.25 bits per heavy atom. The van der Waals surface area contributed by atoms with Crippen molar-refractivity contribution in [2.75, 3.05) is 0 Å². The molecular weight excluding hydrogens is 244 g/mol. The van der Waals surface area contributed by atoms with Crippen molar-refractivity contribution in [3.8, 4) is 0 Å². The standard InChI is InChI=1S/C19H28O/c1-14-11-18(2,3)13-19(14,20)12-16-9-6-8-15-7-4-5-10-17(15)16/h4-5,7,10,14,16,20H,6,8-9,11-13H2,1-3H3. The Hall–Kier alpha value is -0.820. The Labute approximate surface area is 123 Å². The van der Waals surface area contributed by atoms with Gasteiger partial charge in [0.1, 0.15) is 0 Å². The lowest BCUT2D eigenvalue weighted by atomic mass is 9.74. The maximum atomic E-state index is 11.2. The van der Waals surface area contributed by atoms with E-state index in [-0.39, 0.29) is 0 Å². The third kappa shape index (κ3) is 2.53. The predicted molar refractivity (Wildman–Crippen MR) is 83.9 cm³/mol. The highest BCUT2D eigenvalue weighted by Gasteiger charge is 2.48. The van der Waals surface area contributed by atoms with Gasteiger partial charge in [0.05, 0.1) is 5.60 Å². The van der Waals surface area contributed by atoms with Crippen LogP contribution in [0.5, 0.6) is 0 Å². The van der Waals surface area contributed by atoms with Crippen LogP contribution >= 0.6 is 0 Å². The molecule has 3 atom stereocenters. The van der Waals surface area contributed by atoms with Gasteiger partial charge < -0.3 is 5.11 Å². The third-order valence-corrected chi connectivity index (χ3v) is 5.65. The summed E-state index contributed by atoms with van der Waals surface area (Å²) in [6.45, 7) is 6.84. The summed E-state index contributed by atoms with van der Waals surface area (Å²) < 4.78 is 0. The van der Waals surface area contributed by atoms with E-state index in [2.05, 4.69) is 45.0 Å². The lowest BCUT2D eigenvalue weighted by Gasteiger charge is -2.35. The number of fused-ring (bicyclic) bond motifs is 1. The minimum Gasteiger partial charge on any atom is -0.390 e. The van der Waals surface area contributed by atoms with Crippen molar-refractivity contribution in [1.29, 1.82) is 0 Å². The van der Waals surface area contributed by atoms with Crippen LogP contribution in [0.4, 0.5) is 0 Å². The second-order valence-electron chi connectivity index (χ2n) is 8.04. The van der Waals surface area contributed by atoms with Gasteiger partial charge in [0.15, 0.2) is 0 Å². The molecular formula is C19H28O. The highest BCUT2D eigenvalue weighted by atomic mass is 16.3. The van der Waals surface area contributed by atoms with Crippen LogP contribution in [-0.4, -0.2) is 10.7 Å². The number of hydrogen-bond acceptors (Lipinski definition) is 1. The molecule has 1 N–H and O–H groups in total. The van der Waals surface area contributed by atoms with Gasteiger partial charge >= 0.3 is 0 Å². The molecule has 0 heterocycles. The summed E-state index contributed by atoms with van der Waals surface area (Å²) in [7, 11) is 0. The highest BCUT2D eigenvalue weighted by Crippen LogP contribution is 2.52. The molecule has 2 aliphatic rings. The first-order chi connectivity index (χ1) is 9.40. The third-order valence-electron chi connectivity index (χ3n) is 5.65. The van der Waals surface area contributed by atoms with Gasteiger partial charge in [-0.15, -0.1) is 0 Å². The molecule has 0 aromatic heterocycles. The van der Waals surface area contributed by atoms with Crippen molar-refractivity contribution in [3.05, 3.63) is 35.4 Å². The first-order valence-electron chi connectivity index (χ1n) is 8.20. The number of rotatable bonds is 2. The molecule has 0 radical (unpaired) electrons.